The van der Waals surface area contributed by atoms with Crippen molar-refractivity contribution in [2.75, 3.05) is 6.61 Å². The minimum atomic E-state index is -0.835. The highest BCUT2D eigenvalue weighted by Crippen LogP contribution is 2.28. The van der Waals surface area contributed by atoms with Crippen LogP contribution in [-0.4, -0.2) is 31.6 Å². The largest absolute Gasteiger partial charge is 0.465 e. The lowest BCUT2D eigenvalue weighted by Crippen LogP contribution is -2.40. The zero-order valence-electron chi connectivity index (χ0n) is 18.9. The first kappa shape index (κ1) is 24.1. The molecule has 0 fully saturated rings. The minimum absolute atomic E-state index is 0.104. The maximum atomic E-state index is 13.1. The molecule has 0 aromatic heterocycles. The molecule has 1 aromatic rings. The maximum absolute atomic E-state index is 13.1. The topological polar surface area (TPSA) is 126 Å². The molecule has 2 aliphatic heterocycles. The number of hydrogen-bond donors (Lipinski definition) is 0. The molecule has 0 atom stereocenters. The number of nitro groups is 1. The third-order valence-electron chi connectivity index (χ3n) is 5.54. The number of aryl methyl sites for hydroxylation is 1. The van der Waals surface area contributed by atoms with E-state index in [2.05, 4.69) is 11.9 Å². The standard InChI is InChI=1S/C23H28N4O6/c1-3-5-6-7-8-9-12-25-19-11-10-17(27(31)32)13-16(19)14-18-21(25)24-23(30)26(22(18)29)15-20(28)33-4-2/h10-11,13-14H,3-9,12,15H2,1-2H3. The molecule has 10 heteroatoms. The molecule has 2 heterocycles. The van der Waals surface area contributed by atoms with Crippen molar-refractivity contribution < 1.29 is 14.5 Å². The number of aromatic nitrogens is 3. The molecule has 0 unspecified atom stereocenters. The Morgan fingerprint density at radius 2 is 1.79 bits per heavy atom. The lowest BCUT2D eigenvalue weighted by atomic mass is 10.1. The Hall–Kier alpha value is -3.56. The fourth-order valence-corrected chi connectivity index (χ4v) is 3.91. The van der Waals surface area contributed by atoms with Gasteiger partial charge in [-0.15, -0.1) is 0 Å². The molecule has 1 aromatic carbocycles. The highest BCUT2D eigenvalue weighted by molar-refractivity contribution is 5.87. The number of ether oxygens (including phenoxy) is 1. The third-order valence-corrected chi connectivity index (χ3v) is 5.54. The van der Waals surface area contributed by atoms with E-state index >= 15 is 0 Å². The maximum Gasteiger partial charge on any atom is 0.353 e. The van der Waals surface area contributed by atoms with Crippen molar-refractivity contribution in [3.8, 4) is 11.4 Å². The summed E-state index contributed by atoms with van der Waals surface area (Å²) in [7, 11) is 0. The molecule has 0 radical (unpaired) electrons. The van der Waals surface area contributed by atoms with Gasteiger partial charge in [0, 0.05) is 24.1 Å². The van der Waals surface area contributed by atoms with Crippen LogP contribution in [0.4, 0.5) is 5.69 Å². The van der Waals surface area contributed by atoms with Crippen LogP contribution in [0.1, 0.15) is 52.4 Å². The van der Waals surface area contributed by atoms with Crippen LogP contribution in [0.2, 0.25) is 0 Å². The fraction of sp³-hybridized carbons (Fsp3) is 0.478. The number of carbonyl (C=O) groups is 1. The van der Waals surface area contributed by atoms with Gasteiger partial charge in [0.1, 0.15) is 6.54 Å². The number of non-ortho nitro benzene ring substituents is 1. The monoisotopic (exact) mass is 456 g/mol. The number of carbonyl (C=O) groups excluding carboxylic acids is 1. The summed E-state index contributed by atoms with van der Waals surface area (Å²) in [5.74, 6) is -0.505. The molecule has 0 amide bonds. The number of esters is 1. The van der Waals surface area contributed by atoms with Gasteiger partial charge in [-0.3, -0.25) is 19.7 Å². The molecular weight excluding hydrogens is 428 g/mol. The highest BCUT2D eigenvalue weighted by Gasteiger charge is 2.22. The SMILES string of the molecule is CCCCCCCCn1c2nc(=O)n(CC(=O)OCC)c(=O)c-2cc2cc([N+](=O)[O-])ccc21. The Labute approximate surface area is 190 Å². The first-order chi connectivity index (χ1) is 15.9. The van der Waals surface area contributed by atoms with Crippen LogP contribution in [0.25, 0.3) is 22.3 Å². The molecule has 33 heavy (non-hydrogen) atoms. The summed E-state index contributed by atoms with van der Waals surface area (Å²) in [6.45, 7) is 3.86. The van der Waals surface area contributed by atoms with Crippen molar-refractivity contribution in [1.29, 1.82) is 0 Å². The van der Waals surface area contributed by atoms with Gasteiger partial charge in [0.15, 0.2) is 5.82 Å². The Kier molecular flexibility index (Phi) is 7.92. The number of rotatable bonds is 11. The van der Waals surface area contributed by atoms with Gasteiger partial charge in [0.05, 0.1) is 22.6 Å². The van der Waals surface area contributed by atoms with Crippen LogP contribution >= 0.6 is 0 Å². The summed E-state index contributed by atoms with van der Waals surface area (Å²) in [6.07, 6.45) is 6.33. The molecular formula is C23H28N4O6. The molecule has 0 bridgehead atoms. The summed E-state index contributed by atoms with van der Waals surface area (Å²) in [5.41, 5.74) is -0.844. The molecule has 0 N–H and O–H groups in total. The van der Waals surface area contributed by atoms with E-state index in [4.69, 9.17) is 4.74 Å². The summed E-state index contributed by atoms with van der Waals surface area (Å²) < 4.78 is 7.36. The van der Waals surface area contributed by atoms with Crippen molar-refractivity contribution in [1.82, 2.24) is 14.1 Å². The second-order valence-electron chi connectivity index (χ2n) is 7.89. The molecule has 3 rings (SSSR count). The first-order valence-corrected chi connectivity index (χ1v) is 11.3. The molecule has 0 saturated carbocycles. The van der Waals surface area contributed by atoms with Crippen LogP contribution in [0, 0.1) is 10.1 Å². The fourth-order valence-electron chi connectivity index (χ4n) is 3.91. The van der Waals surface area contributed by atoms with Crippen LogP contribution < -0.4 is 11.2 Å². The summed E-state index contributed by atoms with van der Waals surface area (Å²) in [5, 5.41) is 11.8. The van der Waals surface area contributed by atoms with Gasteiger partial charge in [-0.05, 0) is 25.5 Å². The highest BCUT2D eigenvalue weighted by atomic mass is 16.6. The number of benzene rings is 1. The van der Waals surface area contributed by atoms with E-state index in [1.807, 2.05) is 0 Å². The summed E-state index contributed by atoms with van der Waals surface area (Å²) in [6, 6.07) is 5.89. The number of nitrogens with zero attached hydrogens (tertiary/aromatic N) is 4. The van der Waals surface area contributed by atoms with Gasteiger partial charge >= 0.3 is 11.7 Å². The van der Waals surface area contributed by atoms with E-state index in [9.17, 15) is 24.5 Å². The first-order valence-electron chi connectivity index (χ1n) is 11.3. The van der Waals surface area contributed by atoms with E-state index in [1.54, 1.807) is 17.6 Å². The van der Waals surface area contributed by atoms with Gasteiger partial charge in [-0.25, -0.2) is 9.36 Å². The third kappa shape index (κ3) is 5.44. The van der Waals surface area contributed by atoms with E-state index in [-0.39, 0.29) is 23.7 Å². The van der Waals surface area contributed by atoms with E-state index in [0.29, 0.717) is 17.4 Å². The lowest BCUT2D eigenvalue weighted by Gasteiger charge is -2.18. The Bertz CT molecular complexity index is 1250. The van der Waals surface area contributed by atoms with E-state index in [0.717, 1.165) is 36.7 Å². The Morgan fingerprint density at radius 1 is 1.06 bits per heavy atom. The van der Waals surface area contributed by atoms with E-state index < -0.39 is 28.7 Å². The Balaban J connectivity index is 2.11. The molecule has 10 nitrogen and oxygen atoms in total. The summed E-state index contributed by atoms with van der Waals surface area (Å²) >= 11 is 0. The van der Waals surface area contributed by atoms with Crippen LogP contribution in [0.15, 0.2) is 33.9 Å². The predicted octanol–water partition coefficient (Wildman–Crippen LogP) is 3.49. The average Bonchev–Trinajstić information content (AvgIpc) is 2.78. The van der Waals surface area contributed by atoms with Gasteiger partial charge < -0.3 is 9.30 Å². The predicted molar refractivity (Wildman–Crippen MR) is 124 cm³/mol. The lowest BCUT2D eigenvalue weighted by molar-refractivity contribution is -0.384. The number of unbranched alkanes of at least 4 members (excludes halogenated alkanes) is 5. The normalized spacial score (nSPS) is 11.2. The average molecular weight is 456 g/mol. The van der Waals surface area contributed by atoms with Gasteiger partial charge in [0.2, 0.25) is 0 Å². The van der Waals surface area contributed by atoms with Crippen molar-refractivity contribution in [3.05, 3.63) is 55.2 Å². The Morgan fingerprint density at radius 3 is 2.48 bits per heavy atom. The van der Waals surface area contributed by atoms with Gasteiger partial charge in [-0.1, -0.05) is 39.0 Å². The van der Waals surface area contributed by atoms with Crippen LogP contribution in [0.5, 0.6) is 0 Å². The van der Waals surface area contributed by atoms with E-state index in [1.165, 1.54) is 24.6 Å². The molecule has 176 valence electrons. The zero-order chi connectivity index (χ0) is 24.0. The summed E-state index contributed by atoms with van der Waals surface area (Å²) in [4.78, 5) is 52.5. The minimum Gasteiger partial charge on any atom is -0.465 e. The molecule has 0 spiro atoms. The molecule has 2 aliphatic rings. The van der Waals surface area contributed by atoms with Crippen molar-refractivity contribution in [2.45, 2.75) is 65.5 Å². The molecule has 0 aliphatic carbocycles. The number of fused-ring (bicyclic) bond motifs is 2. The van der Waals surface area contributed by atoms with Gasteiger partial charge in [0.25, 0.3) is 11.2 Å². The van der Waals surface area contributed by atoms with Gasteiger partial charge in [-0.2, -0.15) is 4.98 Å². The zero-order valence-corrected chi connectivity index (χ0v) is 18.9. The smallest absolute Gasteiger partial charge is 0.353 e. The van der Waals surface area contributed by atoms with Crippen molar-refractivity contribution >= 4 is 22.6 Å². The number of pyridine rings is 1. The molecule has 0 saturated heterocycles. The second kappa shape index (κ2) is 10.8. The number of nitro benzene ring substituents is 1. The number of hydrogen-bond acceptors (Lipinski definition) is 7. The van der Waals surface area contributed by atoms with Crippen molar-refractivity contribution in [3.63, 3.8) is 0 Å². The second-order valence-corrected chi connectivity index (χ2v) is 7.89. The van der Waals surface area contributed by atoms with Crippen LogP contribution in [0.3, 0.4) is 0 Å². The quantitative estimate of drug-likeness (QED) is 0.142. The van der Waals surface area contributed by atoms with Crippen molar-refractivity contribution in [2.24, 2.45) is 0 Å². The van der Waals surface area contributed by atoms with Crippen LogP contribution in [-0.2, 0) is 22.6 Å².